The first-order valence-electron chi connectivity index (χ1n) is 6.69. The number of hydrogen-bond donors (Lipinski definition) is 1. The molecule has 0 aliphatic heterocycles. The molecule has 1 N–H and O–H groups in total. The fraction of sp³-hybridized carbons (Fsp3) is 0.200. The van der Waals surface area contributed by atoms with E-state index in [-0.39, 0.29) is 5.56 Å². The zero-order chi connectivity index (χ0) is 15.5. The molecule has 3 rings (SSSR count). The van der Waals surface area contributed by atoms with Crippen LogP contribution in [0.3, 0.4) is 0 Å². The highest BCUT2D eigenvalue weighted by atomic mass is 35.5. The van der Waals surface area contributed by atoms with Crippen LogP contribution in [-0.4, -0.2) is 21.4 Å². The average molecular weight is 352 g/mol. The van der Waals surface area contributed by atoms with Crippen LogP contribution < -0.4 is 5.56 Å². The highest BCUT2D eigenvalue weighted by Crippen LogP contribution is 2.23. The number of nitrogens with zero attached hydrogens (tertiary/aromatic N) is 2. The SMILES string of the molecule is C=CCN(Cc1nc2ccsc2c(=O)[nH]1)Cc1ccc(Cl)s1. The molecule has 0 bridgehead atoms. The van der Waals surface area contributed by atoms with Crippen molar-refractivity contribution in [2.24, 2.45) is 0 Å². The maximum absolute atomic E-state index is 12.0. The molecule has 3 aromatic heterocycles. The van der Waals surface area contributed by atoms with Crippen molar-refractivity contribution in [2.45, 2.75) is 13.1 Å². The highest BCUT2D eigenvalue weighted by Gasteiger charge is 2.11. The molecule has 22 heavy (non-hydrogen) atoms. The van der Waals surface area contributed by atoms with Crippen molar-refractivity contribution in [3.05, 3.63) is 61.6 Å². The van der Waals surface area contributed by atoms with Gasteiger partial charge in [0.05, 0.1) is 16.4 Å². The molecule has 0 saturated heterocycles. The number of halogens is 1. The van der Waals surface area contributed by atoms with Gasteiger partial charge in [0, 0.05) is 18.0 Å². The summed E-state index contributed by atoms with van der Waals surface area (Å²) in [4.78, 5) is 22.7. The number of nitrogens with one attached hydrogen (secondary N) is 1. The van der Waals surface area contributed by atoms with E-state index < -0.39 is 0 Å². The van der Waals surface area contributed by atoms with Crippen molar-refractivity contribution in [2.75, 3.05) is 6.54 Å². The summed E-state index contributed by atoms with van der Waals surface area (Å²) in [5.74, 6) is 0.667. The number of thiophene rings is 2. The summed E-state index contributed by atoms with van der Waals surface area (Å²) >= 11 is 8.94. The molecule has 0 aliphatic rings. The van der Waals surface area contributed by atoms with Crippen LogP contribution >= 0.6 is 34.3 Å². The monoisotopic (exact) mass is 351 g/mol. The van der Waals surface area contributed by atoms with Crippen molar-refractivity contribution in [1.82, 2.24) is 14.9 Å². The second kappa shape index (κ2) is 6.75. The number of hydrogen-bond acceptors (Lipinski definition) is 5. The molecule has 114 valence electrons. The van der Waals surface area contributed by atoms with Gasteiger partial charge in [-0.3, -0.25) is 9.69 Å². The lowest BCUT2D eigenvalue weighted by molar-refractivity contribution is 0.281. The predicted octanol–water partition coefficient (Wildman–Crippen LogP) is 3.89. The van der Waals surface area contributed by atoms with Gasteiger partial charge in [-0.05, 0) is 23.6 Å². The van der Waals surface area contributed by atoms with Crippen LogP contribution in [0.15, 0.2) is 41.0 Å². The smallest absolute Gasteiger partial charge is 0.268 e. The maximum atomic E-state index is 12.0. The topological polar surface area (TPSA) is 49.0 Å². The number of aromatic amines is 1. The lowest BCUT2D eigenvalue weighted by atomic mass is 10.3. The highest BCUT2D eigenvalue weighted by molar-refractivity contribution is 7.17. The molecule has 0 atom stereocenters. The minimum Gasteiger partial charge on any atom is -0.308 e. The van der Waals surface area contributed by atoms with E-state index >= 15 is 0 Å². The molecule has 0 amide bonds. The Kier molecular flexibility index (Phi) is 4.73. The van der Waals surface area contributed by atoms with E-state index in [0.717, 1.165) is 16.4 Å². The van der Waals surface area contributed by atoms with Crippen LogP contribution in [0.2, 0.25) is 4.34 Å². The fourth-order valence-electron chi connectivity index (χ4n) is 2.23. The van der Waals surface area contributed by atoms with Crippen LogP contribution in [0, 0.1) is 0 Å². The number of H-pyrrole nitrogens is 1. The Labute approximate surface area is 140 Å². The molecular formula is C15H14ClN3OS2. The second-order valence-electron chi connectivity index (χ2n) is 4.81. The van der Waals surface area contributed by atoms with E-state index in [1.54, 1.807) is 11.3 Å². The third-order valence-corrected chi connectivity index (χ3v) is 5.25. The number of fused-ring (bicyclic) bond motifs is 1. The van der Waals surface area contributed by atoms with Crippen LogP contribution in [0.1, 0.15) is 10.7 Å². The molecular weight excluding hydrogens is 338 g/mol. The molecule has 0 aromatic carbocycles. The summed E-state index contributed by atoms with van der Waals surface area (Å²) in [6, 6.07) is 5.78. The van der Waals surface area contributed by atoms with Gasteiger partial charge in [0.25, 0.3) is 5.56 Å². The molecule has 0 aliphatic carbocycles. The Morgan fingerprint density at radius 2 is 2.23 bits per heavy atom. The van der Waals surface area contributed by atoms with Gasteiger partial charge in [0.2, 0.25) is 0 Å². The first-order chi connectivity index (χ1) is 10.7. The van der Waals surface area contributed by atoms with Crippen LogP contribution in [0.4, 0.5) is 0 Å². The Morgan fingerprint density at radius 1 is 1.36 bits per heavy atom. The Bertz CT molecular complexity index is 852. The van der Waals surface area contributed by atoms with Gasteiger partial charge in [-0.2, -0.15) is 0 Å². The Balaban J connectivity index is 1.82. The third-order valence-electron chi connectivity index (χ3n) is 3.13. The minimum absolute atomic E-state index is 0.0762. The van der Waals surface area contributed by atoms with E-state index in [2.05, 4.69) is 21.4 Å². The molecule has 3 aromatic rings. The van der Waals surface area contributed by atoms with Crippen molar-refractivity contribution < 1.29 is 0 Å². The summed E-state index contributed by atoms with van der Waals surface area (Å²) in [6.07, 6.45) is 1.84. The molecule has 3 heterocycles. The predicted molar refractivity (Wildman–Crippen MR) is 93.9 cm³/mol. The summed E-state index contributed by atoms with van der Waals surface area (Å²) in [5, 5.41) is 1.88. The average Bonchev–Trinajstić information content (AvgIpc) is 3.08. The van der Waals surface area contributed by atoms with Crippen molar-refractivity contribution in [1.29, 1.82) is 0 Å². The van der Waals surface area contributed by atoms with Crippen LogP contribution in [0.25, 0.3) is 10.2 Å². The van der Waals surface area contributed by atoms with Gasteiger partial charge >= 0.3 is 0 Å². The van der Waals surface area contributed by atoms with Crippen molar-refractivity contribution >= 4 is 44.5 Å². The zero-order valence-electron chi connectivity index (χ0n) is 11.7. The Hall–Kier alpha value is -1.47. The Morgan fingerprint density at radius 3 is 2.95 bits per heavy atom. The van der Waals surface area contributed by atoms with E-state index in [0.29, 0.717) is 23.6 Å². The quantitative estimate of drug-likeness (QED) is 0.685. The van der Waals surface area contributed by atoms with Crippen molar-refractivity contribution in [3.63, 3.8) is 0 Å². The lowest BCUT2D eigenvalue weighted by Gasteiger charge is -2.19. The molecule has 7 heteroatoms. The van der Waals surface area contributed by atoms with Gasteiger partial charge in [-0.1, -0.05) is 17.7 Å². The fourth-order valence-corrected chi connectivity index (χ4v) is 4.09. The molecule has 0 unspecified atom stereocenters. The first kappa shape index (κ1) is 15.4. The minimum atomic E-state index is -0.0762. The standard InChI is InChI=1S/C15H14ClN3OS2/c1-2-6-19(8-10-3-4-12(16)22-10)9-13-17-11-5-7-21-14(11)15(20)18-13/h2-5,7H,1,6,8-9H2,(H,17,18,20). The zero-order valence-corrected chi connectivity index (χ0v) is 14.1. The van der Waals surface area contributed by atoms with Crippen LogP contribution in [-0.2, 0) is 13.1 Å². The van der Waals surface area contributed by atoms with Crippen molar-refractivity contribution in [3.8, 4) is 0 Å². The molecule has 0 radical (unpaired) electrons. The van der Waals surface area contributed by atoms with E-state index in [1.165, 1.54) is 16.2 Å². The largest absolute Gasteiger partial charge is 0.308 e. The number of aromatic nitrogens is 2. The molecule has 0 spiro atoms. The van der Waals surface area contributed by atoms with Crippen LogP contribution in [0.5, 0.6) is 0 Å². The van der Waals surface area contributed by atoms with Gasteiger partial charge in [0.15, 0.2) is 0 Å². The normalized spacial score (nSPS) is 11.4. The summed E-state index contributed by atoms with van der Waals surface area (Å²) in [6.45, 7) is 5.81. The summed E-state index contributed by atoms with van der Waals surface area (Å²) in [7, 11) is 0. The third kappa shape index (κ3) is 3.47. The summed E-state index contributed by atoms with van der Waals surface area (Å²) in [5.41, 5.74) is 0.675. The van der Waals surface area contributed by atoms with E-state index in [9.17, 15) is 4.79 Å². The molecule has 4 nitrogen and oxygen atoms in total. The van der Waals surface area contributed by atoms with Gasteiger partial charge < -0.3 is 4.98 Å². The lowest BCUT2D eigenvalue weighted by Crippen LogP contribution is -2.25. The number of rotatable bonds is 6. The maximum Gasteiger partial charge on any atom is 0.268 e. The van der Waals surface area contributed by atoms with Gasteiger partial charge in [-0.25, -0.2) is 4.98 Å². The van der Waals surface area contributed by atoms with Gasteiger partial charge in [-0.15, -0.1) is 29.3 Å². The second-order valence-corrected chi connectivity index (χ2v) is 7.53. The molecule has 0 saturated carbocycles. The van der Waals surface area contributed by atoms with E-state index in [4.69, 9.17) is 11.6 Å². The first-order valence-corrected chi connectivity index (χ1v) is 8.77. The summed E-state index contributed by atoms with van der Waals surface area (Å²) < 4.78 is 1.45. The van der Waals surface area contributed by atoms with E-state index in [1.807, 2.05) is 29.7 Å². The van der Waals surface area contributed by atoms with Gasteiger partial charge in [0.1, 0.15) is 10.5 Å². The molecule has 0 fully saturated rings.